The topological polar surface area (TPSA) is 18.5 Å². The first-order valence-corrected chi connectivity index (χ1v) is 6.87. The van der Waals surface area contributed by atoms with E-state index in [-0.39, 0.29) is 6.29 Å². The van der Waals surface area contributed by atoms with Crippen LogP contribution < -0.4 is 0 Å². The molecule has 2 heterocycles. The smallest absolute Gasteiger partial charge is 0.200 e. The Hall–Kier alpha value is 0.0700. The Kier molecular flexibility index (Phi) is 3.96. The molecule has 0 saturated carbocycles. The van der Waals surface area contributed by atoms with Crippen molar-refractivity contribution in [2.45, 2.75) is 19.1 Å². The first-order chi connectivity index (χ1) is 6.90. The van der Waals surface area contributed by atoms with Gasteiger partial charge in [-0.25, -0.2) is 0 Å². The van der Waals surface area contributed by atoms with Crippen LogP contribution in [0.2, 0.25) is 0 Å². The van der Waals surface area contributed by atoms with Crippen molar-refractivity contribution >= 4 is 27.7 Å². The minimum absolute atomic E-state index is 0.0368. The van der Waals surface area contributed by atoms with Crippen LogP contribution in [0, 0.1) is 0 Å². The predicted molar refractivity (Wildman–Crippen MR) is 62.5 cm³/mol. The number of hydrogen-bond donors (Lipinski definition) is 0. The fourth-order valence-electron chi connectivity index (χ4n) is 1.52. The van der Waals surface area contributed by atoms with Crippen LogP contribution in [-0.2, 0) is 9.47 Å². The highest BCUT2D eigenvalue weighted by Crippen LogP contribution is 2.35. The number of allylic oxidation sites excluding steroid dienone is 2. The highest BCUT2D eigenvalue weighted by atomic mass is 79.9. The standard InChI is InChI=1S/C10H13BrO2S/c11-5-6-12-9-4-3-8-2-1-7-14-10(8)13-9/h1-2,9H,3-7H2. The molecule has 14 heavy (non-hydrogen) atoms. The molecule has 0 aliphatic carbocycles. The SMILES string of the molecule is BrCCOC1CCC2=C(O1)SCC=C2. The van der Waals surface area contributed by atoms with Gasteiger partial charge in [-0.15, -0.1) is 0 Å². The van der Waals surface area contributed by atoms with E-state index in [9.17, 15) is 0 Å². The summed E-state index contributed by atoms with van der Waals surface area (Å²) in [5.41, 5.74) is 1.33. The summed E-state index contributed by atoms with van der Waals surface area (Å²) in [5, 5.41) is 1.93. The second kappa shape index (κ2) is 5.24. The van der Waals surface area contributed by atoms with E-state index in [0.29, 0.717) is 6.61 Å². The summed E-state index contributed by atoms with van der Waals surface area (Å²) in [5.74, 6) is 1.02. The molecule has 0 fully saturated rings. The average Bonchev–Trinajstić information content (AvgIpc) is 2.26. The quantitative estimate of drug-likeness (QED) is 0.739. The minimum Gasteiger partial charge on any atom is -0.458 e. The van der Waals surface area contributed by atoms with Gasteiger partial charge >= 0.3 is 0 Å². The first kappa shape index (κ1) is 10.6. The van der Waals surface area contributed by atoms with E-state index in [0.717, 1.165) is 29.0 Å². The largest absolute Gasteiger partial charge is 0.458 e. The Morgan fingerprint density at radius 2 is 2.57 bits per heavy atom. The molecular weight excluding hydrogens is 264 g/mol. The predicted octanol–water partition coefficient (Wildman–Crippen LogP) is 3.05. The molecule has 2 nitrogen and oxygen atoms in total. The van der Waals surface area contributed by atoms with E-state index < -0.39 is 0 Å². The maximum Gasteiger partial charge on any atom is 0.200 e. The van der Waals surface area contributed by atoms with Gasteiger partial charge in [0.1, 0.15) is 0 Å². The van der Waals surface area contributed by atoms with Gasteiger partial charge in [-0.1, -0.05) is 39.8 Å². The maximum absolute atomic E-state index is 5.74. The van der Waals surface area contributed by atoms with Crippen LogP contribution in [-0.4, -0.2) is 24.0 Å². The lowest BCUT2D eigenvalue weighted by Gasteiger charge is -2.28. The molecule has 78 valence electrons. The molecule has 0 aromatic carbocycles. The van der Waals surface area contributed by atoms with Crippen molar-refractivity contribution < 1.29 is 9.47 Å². The normalized spacial score (nSPS) is 25.9. The van der Waals surface area contributed by atoms with E-state index in [2.05, 4.69) is 28.1 Å². The third-order valence-electron chi connectivity index (χ3n) is 2.16. The molecule has 1 atom stereocenters. The molecule has 0 amide bonds. The fraction of sp³-hybridized carbons (Fsp3) is 0.600. The molecule has 1 unspecified atom stereocenters. The van der Waals surface area contributed by atoms with Crippen LogP contribution in [0.1, 0.15) is 12.8 Å². The molecule has 2 aliphatic heterocycles. The fourth-order valence-corrected chi connectivity index (χ4v) is 2.58. The van der Waals surface area contributed by atoms with E-state index in [1.54, 1.807) is 11.8 Å². The van der Waals surface area contributed by atoms with Gasteiger partial charge in [-0.3, -0.25) is 0 Å². The molecule has 4 heteroatoms. The van der Waals surface area contributed by atoms with Crippen molar-refractivity contribution in [1.29, 1.82) is 0 Å². The van der Waals surface area contributed by atoms with Crippen LogP contribution in [0.25, 0.3) is 0 Å². The lowest BCUT2D eigenvalue weighted by atomic mass is 10.1. The summed E-state index contributed by atoms with van der Waals surface area (Å²) >= 11 is 5.10. The molecule has 0 aromatic rings. The first-order valence-electron chi connectivity index (χ1n) is 4.77. The minimum atomic E-state index is -0.0368. The zero-order valence-electron chi connectivity index (χ0n) is 7.87. The van der Waals surface area contributed by atoms with Crippen molar-refractivity contribution in [1.82, 2.24) is 0 Å². The molecule has 0 N–H and O–H groups in total. The van der Waals surface area contributed by atoms with Gasteiger partial charge < -0.3 is 9.47 Å². The Morgan fingerprint density at radius 1 is 1.64 bits per heavy atom. The van der Waals surface area contributed by atoms with Gasteiger partial charge in [0.25, 0.3) is 0 Å². The molecule has 0 radical (unpaired) electrons. The van der Waals surface area contributed by atoms with Crippen LogP contribution in [0.4, 0.5) is 0 Å². The van der Waals surface area contributed by atoms with Crippen molar-refractivity contribution in [3.63, 3.8) is 0 Å². The zero-order valence-corrected chi connectivity index (χ0v) is 10.3. The van der Waals surface area contributed by atoms with Crippen molar-refractivity contribution in [3.05, 3.63) is 22.8 Å². The number of rotatable bonds is 3. The van der Waals surface area contributed by atoms with E-state index in [4.69, 9.17) is 9.47 Å². The summed E-state index contributed by atoms with van der Waals surface area (Å²) in [7, 11) is 0. The summed E-state index contributed by atoms with van der Waals surface area (Å²) < 4.78 is 11.3. The zero-order chi connectivity index (χ0) is 9.80. The molecule has 0 aromatic heterocycles. The molecule has 0 spiro atoms. The van der Waals surface area contributed by atoms with Gasteiger partial charge in [0.15, 0.2) is 5.09 Å². The van der Waals surface area contributed by atoms with E-state index in [1.165, 1.54) is 5.57 Å². The number of alkyl halides is 1. The lowest BCUT2D eigenvalue weighted by molar-refractivity contribution is -0.114. The highest BCUT2D eigenvalue weighted by Gasteiger charge is 2.22. The third kappa shape index (κ3) is 2.55. The Labute approximate surface area is 96.9 Å². The summed E-state index contributed by atoms with van der Waals surface area (Å²) in [6, 6.07) is 0. The van der Waals surface area contributed by atoms with Crippen LogP contribution in [0.5, 0.6) is 0 Å². The Bertz CT molecular complexity index is 263. The van der Waals surface area contributed by atoms with Gasteiger partial charge in [0, 0.05) is 23.1 Å². The lowest BCUT2D eigenvalue weighted by Crippen LogP contribution is -2.22. The van der Waals surface area contributed by atoms with Crippen LogP contribution in [0.15, 0.2) is 22.8 Å². The van der Waals surface area contributed by atoms with Crippen molar-refractivity contribution in [3.8, 4) is 0 Å². The van der Waals surface area contributed by atoms with E-state index >= 15 is 0 Å². The molecule has 2 aliphatic rings. The van der Waals surface area contributed by atoms with Gasteiger partial charge in [0.05, 0.1) is 6.61 Å². The number of thioether (sulfide) groups is 1. The van der Waals surface area contributed by atoms with E-state index in [1.807, 2.05) is 0 Å². The van der Waals surface area contributed by atoms with Crippen LogP contribution in [0.3, 0.4) is 0 Å². The molecular formula is C10H13BrO2S. The Balaban J connectivity index is 1.91. The monoisotopic (exact) mass is 276 g/mol. The second-order valence-electron chi connectivity index (χ2n) is 3.17. The summed E-state index contributed by atoms with van der Waals surface area (Å²) in [4.78, 5) is 0. The average molecular weight is 277 g/mol. The van der Waals surface area contributed by atoms with Crippen LogP contribution >= 0.6 is 27.7 Å². The third-order valence-corrected chi connectivity index (χ3v) is 3.46. The molecule has 0 bridgehead atoms. The number of hydrogen-bond acceptors (Lipinski definition) is 3. The Morgan fingerprint density at radius 3 is 3.43 bits per heavy atom. The highest BCUT2D eigenvalue weighted by molar-refractivity contribution is 9.09. The van der Waals surface area contributed by atoms with Crippen molar-refractivity contribution in [2.75, 3.05) is 17.7 Å². The molecule has 2 rings (SSSR count). The van der Waals surface area contributed by atoms with Gasteiger partial charge in [-0.2, -0.15) is 0 Å². The summed E-state index contributed by atoms with van der Waals surface area (Å²) in [6.07, 6.45) is 6.37. The van der Waals surface area contributed by atoms with Gasteiger partial charge in [0.2, 0.25) is 6.29 Å². The maximum atomic E-state index is 5.74. The summed E-state index contributed by atoms with van der Waals surface area (Å²) in [6.45, 7) is 0.716. The number of halogens is 1. The molecule has 0 saturated heterocycles. The number of ether oxygens (including phenoxy) is 2. The van der Waals surface area contributed by atoms with Gasteiger partial charge in [-0.05, 0) is 6.42 Å². The van der Waals surface area contributed by atoms with Crippen molar-refractivity contribution in [2.24, 2.45) is 0 Å². The second-order valence-corrected chi connectivity index (χ2v) is 4.96.